The van der Waals surface area contributed by atoms with Gasteiger partial charge in [-0.25, -0.2) is 4.79 Å². The van der Waals surface area contributed by atoms with Crippen LogP contribution in [0.3, 0.4) is 0 Å². The molecule has 0 aliphatic carbocycles. The maximum Gasteiger partial charge on any atom is 0.342 e. The van der Waals surface area contributed by atoms with Gasteiger partial charge < -0.3 is 24.1 Å². The molecule has 4 atom stereocenters. The van der Waals surface area contributed by atoms with Gasteiger partial charge in [-0.05, 0) is 19.1 Å². The molecule has 1 aromatic carbocycles. The molecule has 134 valence electrons. The number of fused-ring (bicyclic) bond motifs is 1. The summed E-state index contributed by atoms with van der Waals surface area (Å²) in [6.45, 7) is 2.69. The van der Waals surface area contributed by atoms with Crippen LogP contribution in [0.1, 0.15) is 34.6 Å². The summed E-state index contributed by atoms with van der Waals surface area (Å²) in [5.74, 6) is -1.90. The second-order valence-corrected chi connectivity index (χ2v) is 5.94. The highest BCUT2D eigenvalue weighted by Gasteiger charge is 2.49. The van der Waals surface area contributed by atoms with E-state index in [0.717, 1.165) is 0 Å². The van der Waals surface area contributed by atoms with Crippen molar-refractivity contribution < 1.29 is 38.4 Å². The predicted molar refractivity (Wildman–Crippen MR) is 82.4 cm³/mol. The zero-order valence-corrected chi connectivity index (χ0v) is 13.8. The first kappa shape index (κ1) is 17.5. The third-order valence-corrected chi connectivity index (χ3v) is 4.10. The molecule has 0 amide bonds. The van der Waals surface area contributed by atoms with E-state index >= 15 is 0 Å². The zero-order valence-electron chi connectivity index (χ0n) is 13.8. The van der Waals surface area contributed by atoms with E-state index in [1.165, 1.54) is 32.0 Å². The van der Waals surface area contributed by atoms with Crippen molar-refractivity contribution in [2.75, 3.05) is 13.2 Å². The fourth-order valence-corrected chi connectivity index (χ4v) is 2.97. The van der Waals surface area contributed by atoms with Crippen molar-refractivity contribution in [3.05, 3.63) is 29.3 Å². The van der Waals surface area contributed by atoms with Crippen molar-refractivity contribution in [3.63, 3.8) is 0 Å². The summed E-state index contributed by atoms with van der Waals surface area (Å²) in [5.41, 5.74) is 0.0719. The number of benzene rings is 1. The number of para-hydroxylation sites is 1. The summed E-state index contributed by atoms with van der Waals surface area (Å²) in [6, 6.07) is 4.37. The maximum absolute atomic E-state index is 12.5. The summed E-state index contributed by atoms with van der Waals surface area (Å²) >= 11 is 0. The van der Waals surface area contributed by atoms with Gasteiger partial charge in [-0.2, -0.15) is 0 Å². The summed E-state index contributed by atoms with van der Waals surface area (Å²) in [6.07, 6.45) is -2.53. The van der Waals surface area contributed by atoms with Gasteiger partial charge in [-0.3, -0.25) is 9.59 Å². The van der Waals surface area contributed by atoms with Crippen molar-refractivity contribution in [3.8, 4) is 5.75 Å². The van der Waals surface area contributed by atoms with Crippen molar-refractivity contribution in [1.82, 2.24) is 0 Å². The van der Waals surface area contributed by atoms with E-state index in [1.54, 1.807) is 0 Å². The van der Waals surface area contributed by atoms with Gasteiger partial charge in [0.25, 0.3) is 0 Å². The van der Waals surface area contributed by atoms with Crippen molar-refractivity contribution in [2.24, 2.45) is 0 Å². The molecule has 0 radical (unpaired) electrons. The molecule has 1 aromatic rings. The largest absolute Gasteiger partial charge is 0.453 e. The number of ketones is 1. The van der Waals surface area contributed by atoms with Gasteiger partial charge >= 0.3 is 11.9 Å². The first-order valence-corrected chi connectivity index (χ1v) is 7.83. The Morgan fingerprint density at radius 2 is 1.76 bits per heavy atom. The van der Waals surface area contributed by atoms with Crippen LogP contribution in [0.25, 0.3) is 0 Å². The molecular formula is C17H18O8. The summed E-state index contributed by atoms with van der Waals surface area (Å²) in [5, 5.41) is 9.72. The Hall–Kier alpha value is -2.29. The molecule has 25 heavy (non-hydrogen) atoms. The second kappa shape index (κ2) is 6.91. The molecular weight excluding hydrogens is 332 g/mol. The minimum Gasteiger partial charge on any atom is -0.453 e. The van der Waals surface area contributed by atoms with Crippen molar-refractivity contribution in [2.45, 2.75) is 38.3 Å². The van der Waals surface area contributed by atoms with Crippen molar-refractivity contribution >= 4 is 17.7 Å². The number of Topliss-reactive ketones (excluding diaryl/α,β-unsaturated/α-hetero) is 1. The lowest BCUT2D eigenvalue weighted by atomic mass is 10.1. The van der Waals surface area contributed by atoms with Crippen molar-refractivity contribution in [1.29, 1.82) is 0 Å². The van der Waals surface area contributed by atoms with E-state index in [0.29, 0.717) is 0 Å². The van der Waals surface area contributed by atoms with Gasteiger partial charge in [0.05, 0.1) is 18.8 Å². The van der Waals surface area contributed by atoms with Gasteiger partial charge in [0.1, 0.15) is 23.9 Å². The van der Waals surface area contributed by atoms with Crippen LogP contribution in [-0.2, 0) is 19.0 Å². The Labute approximate surface area is 143 Å². The van der Waals surface area contributed by atoms with E-state index in [1.807, 2.05) is 0 Å². The van der Waals surface area contributed by atoms with Crippen LogP contribution in [0.2, 0.25) is 0 Å². The number of hydrogen-bond donors (Lipinski definition) is 1. The van der Waals surface area contributed by atoms with Gasteiger partial charge in [0, 0.05) is 6.92 Å². The van der Waals surface area contributed by atoms with Crippen LogP contribution in [0, 0.1) is 0 Å². The first-order chi connectivity index (χ1) is 11.9. The smallest absolute Gasteiger partial charge is 0.342 e. The molecule has 2 heterocycles. The molecule has 8 nitrogen and oxygen atoms in total. The normalized spacial score (nSPS) is 27.6. The number of hydrogen-bond acceptors (Lipinski definition) is 8. The molecule has 0 aromatic heterocycles. The molecule has 0 unspecified atom stereocenters. The standard InChI is InChI=1S/C17H18O8/c1-8(18)10-4-3-5-11(14(10)24-9(2)19)17(21)25-13-7-23-15-12(20)6-22-16(13)15/h3-5,12-13,15-16,20H,6-7H2,1-2H3/t12-,13+,15-,16-/m1/s1. The van der Waals surface area contributed by atoms with Crippen LogP contribution in [0.15, 0.2) is 18.2 Å². The molecule has 1 N–H and O–H groups in total. The van der Waals surface area contributed by atoms with Gasteiger partial charge in [0.2, 0.25) is 0 Å². The first-order valence-electron chi connectivity index (χ1n) is 7.83. The monoisotopic (exact) mass is 350 g/mol. The maximum atomic E-state index is 12.5. The van der Waals surface area contributed by atoms with E-state index in [2.05, 4.69) is 0 Å². The van der Waals surface area contributed by atoms with E-state index < -0.39 is 36.4 Å². The van der Waals surface area contributed by atoms with Crippen LogP contribution >= 0.6 is 0 Å². The fourth-order valence-electron chi connectivity index (χ4n) is 2.97. The number of rotatable bonds is 4. The Morgan fingerprint density at radius 3 is 2.44 bits per heavy atom. The van der Waals surface area contributed by atoms with Crippen LogP contribution in [0.5, 0.6) is 5.75 Å². The highest BCUT2D eigenvalue weighted by molar-refractivity contribution is 6.03. The molecule has 0 saturated carbocycles. The lowest BCUT2D eigenvalue weighted by Crippen LogP contribution is -2.34. The molecule has 2 aliphatic rings. The Morgan fingerprint density at radius 1 is 1.08 bits per heavy atom. The van der Waals surface area contributed by atoms with Gasteiger partial charge in [-0.1, -0.05) is 6.07 Å². The highest BCUT2D eigenvalue weighted by Crippen LogP contribution is 2.31. The summed E-state index contributed by atoms with van der Waals surface area (Å²) in [4.78, 5) is 35.6. The molecule has 2 aliphatic heterocycles. The summed E-state index contributed by atoms with van der Waals surface area (Å²) < 4.78 is 21.3. The third kappa shape index (κ3) is 3.41. The Balaban J connectivity index is 1.83. The molecule has 3 rings (SSSR count). The number of carbonyl (C=O) groups excluding carboxylic acids is 3. The number of ether oxygens (including phenoxy) is 4. The number of aliphatic hydroxyl groups is 1. The third-order valence-electron chi connectivity index (χ3n) is 4.10. The van der Waals surface area contributed by atoms with E-state index in [4.69, 9.17) is 18.9 Å². The molecule has 0 bridgehead atoms. The number of esters is 2. The average molecular weight is 350 g/mol. The predicted octanol–water partition coefficient (Wildman–Crippen LogP) is 0.498. The van der Waals surface area contributed by atoms with Gasteiger partial charge in [0.15, 0.2) is 17.6 Å². The average Bonchev–Trinajstić information content (AvgIpc) is 3.10. The van der Waals surface area contributed by atoms with E-state index in [9.17, 15) is 19.5 Å². The Bertz CT molecular complexity index is 713. The molecule has 2 saturated heterocycles. The lowest BCUT2D eigenvalue weighted by molar-refractivity contribution is -0.131. The van der Waals surface area contributed by atoms with Crippen LogP contribution < -0.4 is 4.74 Å². The topological polar surface area (TPSA) is 108 Å². The van der Waals surface area contributed by atoms with Crippen LogP contribution in [0.4, 0.5) is 0 Å². The Kier molecular flexibility index (Phi) is 4.85. The van der Waals surface area contributed by atoms with Crippen LogP contribution in [-0.4, -0.2) is 60.5 Å². The molecule has 8 heteroatoms. The zero-order chi connectivity index (χ0) is 18.1. The second-order valence-electron chi connectivity index (χ2n) is 5.94. The number of aliphatic hydroxyl groups excluding tert-OH is 1. The van der Waals surface area contributed by atoms with Gasteiger partial charge in [-0.15, -0.1) is 0 Å². The molecule has 2 fully saturated rings. The minimum atomic E-state index is -0.765. The SMILES string of the molecule is CC(=O)Oc1c(C(C)=O)cccc1C(=O)O[C@H]1CO[C@H]2[C@@H]1OC[C@H]2O. The molecule has 0 spiro atoms. The minimum absolute atomic E-state index is 0.0371. The number of carbonyl (C=O) groups is 3. The lowest BCUT2D eigenvalue weighted by Gasteiger charge is -2.18. The summed E-state index contributed by atoms with van der Waals surface area (Å²) in [7, 11) is 0. The fraction of sp³-hybridized carbons (Fsp3) is 0.471. The highest BCUT2D eigenvalue weighted by atomic mass is 16.6. The van der Waals surface area contributed by atoms with E-state index in [-0.39, 0.29) is 35.9 Å². The quantitative estimate of drug-likeness (QED) is 0.475.